The van der Waals surface area contributed by atoms with Gasteiger partial charge in [-0.2, -0.15) is 0 Å². The zero-order valence-corrected chi connectivity index (χ0v) is 34.8. The molecular formula is C43H80N2O8. The molecule has 0 amide bonds. The fraction of sp³-hybridized carbons (Fsp3) is 0.907. The van der Waals surface area contributed by atoms with E-state index in [4.69, 9.17) is 18.9 Å². The molecule has 3 atom stereocenters. The number of hydrogen-bond acceptors (Lipinski definition) is 10. The highest BCUT2D eigenvalue weighted by Crippen LogP contribution is 2.24. The van der Waals surface area contributed by atoms with Gasteiger partial charge in [-0.1, -0.05) is 104 Å². The molecule has 0 aliphatic carbocycles. The summed E-state index contributed by atoms with van der Waals surface area (Å²) in [6, 6.07) is -0.486. The van der Waals surface area contributed by atoms with E-state index in [1.807, 2.05) is 19.0 Å². The third kappa shape index (κ3) is 27.1. The number of hydrogen-bond donors (Lipinski definition) is 0. The standard InChI is InChI=1S/C43H80N2O8/c1-6-9-12-15-16-20-27-37(26-19-14-11-8-3)52-41(47)29-22-25-34-51-43(49)39-35-38(53-42(48)30-32-44(4)5)36-45(39)31-23-18-21-28-40(46)50-33-24-17-13-10-7-2/h37-39H,6-36H2,1-5H3/t37?,38-,39-/m0/s1. The molecule has 0 saturated carbocycles. The molecule has 1 unspecified atom stereocenters. The molecule has 0 aromatic carbocycles. The Hall–Kier alpha value is -2.20. The molecule has 0 aromatic rings. The lowest BCUT2D eigenvalue weighted by Crippen LogP contribution is -2.38. The molecule has 1 fully saturated rings. The maximum absolute atomic E-state index is 13.3. The summed E-state index contributed by atoms with van der Waals surface area (Å²) >= 11 is 0. The lowest BCUT2D eigenvalue weighted by molar-refractivity contribution is -0.151. The predicted molar refractivity (Wildman–Crippen MR) is 213 cm³/mol. The summed E-state index contributed by atoms with van der Waals surface area (Å²) in [5.41, 5.74) is 0. The van der Waals surface area contributed by atoms with Crippen LogP contribution in [0.1, 0.15) is 188 Å². The molecule has 0 radical (unpaired) electrons. The fourth-order valence-electron chi connectivity index (χ4n) is 6.82. The van der Waals surface area contributed by atoms with Gasteiger partial charge in [0, 0.05) is 32.4 Å². The Kier molecular flexibility index (Phi) is 30.5. The first-order valence-electron chi connectivity index (χ1n) is 21.8. The highest BCUT2D eigenvalue weighted by atomic mass is 16.6. The molecule has 0 aromatic heterocycles. The van der Waals surface area contributed by atoms with Crippen molar-refractivity contribution in [3.8, 4) is 0 Å². The molecule has 53 heavy (non-hydrogen) atoms. The third-order valence-corrected chi connectivity index (χ3v) is 10.1. The number of nitrogens with zero attached hydrogens (tertiary/aromatic N) is 2. The van der Waals surface area contributed by atoms with Crippen molar-refractivity contribution in [2.45, 2.75) is 206 Å². The largest absolute Gasteiger partial charge is 0.466 e. The molecule has 1 aliphatic heterocycles. The Bertz CT molecular complexity index is 945. The van der Waals surface area contributed by atoms with Gasteiger partial charge >= 0.3 is 23.9 Å². The minimum absolute atomic E-state index is 0.000522. The summed E-state index contributed by atoms with van der Waals surface area (Å²) in [6.07, 6.45) is 24.2. The van der Waals surface area contributed by atoms with Crippen molar-refractivity contribution in [1.82, 2.24) is 9.80 Å². The lowest BCUT2D eigenvalue weighted by atomic mass is 10.0. The van der Waals surface area contributed by atoms with Gasteiger partial charge in [-0.15, -0.1) is 0 Å². The summed E-state index contributed by atoms with van der Waals surface area (Å²) in [4.78, 5) is 54.6. The van der Waals surface area contributed by atoms with Crippen LogP contribution in [0.25, 0.3) is 0 Å². The second-order valence-electron chi connectivity index (χ2n) is 15.5. The molecule has 10 heteroatoms. The van der Waals surface area contributed by atoms with Gasteiger partial charge in [0.2, 0.25) is 0 Å². The van der Waals surface area contributed by atoms with Crippen LogP contribution in [-0.4, -0.2) is 98.9 Å². The molecule has 1 rings (SSSR count). The number of ether oxygens (including phenoxy) is 4. The van der Waals surface area contributed by atoms with Gasteiger partial charge < -0.3 is 23.8 Å². The Morgan fingerprint density at radius 2 is 1.13 bits per heavy atom. The average molecular weight is 753 g/mol. The summed E-state index contributed by atoms with van der Waals surface area (Å²) in [6.45, 7) is 9.10. The van der Waals surface area contributed by atoms with Crippen LogP contribution in [0.3, 0.4) is 0 Å². The van der Waals surface area contributed by atoms with Gasteiger partial charge in [-0.25, -0.2) is 0 Å². The van der Waals surface area contributed by atoms with Crippen molar-refractivity contribution in [1.29, 1.82) is 0 Å². The second-order valence-corrected chi connectivity index (χ2v) is 15.5. The number of unbranched alkanes of at least 4 members (excludes halogenated alkanes) is 15. The number of carbonyl (C=O) groups excluding carboxylic acids is 4. The second kappa shape index (κ2) is 33.2. The van der Waals surface area contributed by atoms with Crippen molar-refractivity contribution < 1.29 is 38.1 Å². The topological polar surface area (TPSA) is 112 Å². The first-order valence-corrected chi connectivity index (χ1v) is 21.8. The van der Waals surface area contributed by atoms with Crippen molar-refractivity contribution in [2.24, 2.45) is 0 Å². The number of rotatable bonds is 35. The van der Waals surface area contributed by atoms with Gasteiger partial charge in [0.05, 0.1) is 19.6 Å². The molecule has 310 valence electrons. The van der Waals surface area contributed by atoms with E-state index >= 15 is 0 Å². The van der Waals surface area contributed by atoms with E-state index < -0.39 is 6.04 Å². The fourth-order valence-corrected chi connectivity index (χ4v) is 6.82. The molecule has 1 aliphatic rings. The maximum atomic E-state index is 13.3. The molecule has 0 spiro atoms. The molecule has 1 heterocycles. The highest BCUT2D eigenvalue weighted by molar-refractivity contribution is 5.76. The van der Waals surface area contributed by atoms with Crippen molar-refractivity contribution in [3.63, 3.8) is 0 Å². The third-order valence-electron chi connectivity index (χ3n) is 10.1. The van der Waals surface area contributed by atoms with E-state index in [1.54, 1.807) is 0 Å². The number of carbonyl (C=O) groups is 4. The van der Waals surface area contributed by atoms with Crippen LogP contribution in [0, 0.1) is 0 Å². The number of likely N-dealkylation sites (tertiary alicyclic amines) is 1. The van der Waals surface area contributed by atoms with Crippen LogP contribution >= 0.6 is 0 Å². The van der Waals surface area contributed by atoms with Gasteiger partial charge in [-0.05, 0) is 78.4 Å². The maximum Gasteiger partial charge on any atom is 0.323 e. The minimum Gasteiger partial charge on any atom is -0.466 e. The predicted octanol–water partition coefficient (Wildman–Crippen LogP) is 9.34. The van der Waals surface area contributed by atoms with Crippen LogP contribution in [0.4, 0.5) is 0 Å². The Morgan fingerprint density at radius 3 is 1.79 bits per heavy atom. The van der Waals surface area contributed by atoms with Crippen LogP contribution < -0.4 is 0 Å². The van der Waals surface area contributed by atoms with E-state index in [2.05, 4.69) is 25.7 Å². The van der Waals surface area contributed by atoms with Gasteiger partial charge in [0.25, 0.3) is 0 Å². The summed E-state index contributed by atoms with van der Waals surface area (Å²) < 4.78 is 22.8. The van der Waals surface area contributed by atoms with Gasteiger partial charge in [0.15, 0.2) is 0 Å². The molecular weight excluding hydrogens is 672 g/mol. The van der Waals surface area contributed by atoms with E-state index in [0.29, 0.717) is 64.8 Å². The van der Waals surface area contributed by atoms with E-state index in [1.165, 1.54) is 70.6 Å². The smallest absolute Gasteiger partial charge is 0.323 e. The first-order chi connectivity index (χ1) is 25.7. The zero-order valence-electron chi connectivity index (χ0n) is 34.8. The molecule has 10 nitrogen and oxygen atoms in total. The van der Waals surface area contributed by atoms with Crippen molar-refractivity contribution in [3.05, 3.63) is 0 Å². The monoisotopic (exact) mass is 753 g/mol. The number of esters is 4. The van der Waals surface area contributed by atoms with E-state index in [-0.39, 0.29) is 42.7 Å². The van der Waals surface area contributed by atoms with Crippen molar-refractivity contribution >= 4 is 23.9 Å². The summed E-state index contributed by atoms with van der Waals surface area (Å²) in [5, 5.41) is 0. The summed E-state index contributed by atoms with van der Waals surface area (Å²) in [7, 11) is 3.83. The molecule has 1 saturated heterocycles. The Morgan fingerprint density at radius 1 is 0.604 bits per heavy atom. The first kappa shape index (κ1) is 48.8. The average Bonchev–Trinajstić information content (AvgIpc) is 3.53. The van der Waals surface area contributed by atoms with E-state index in [9.17, 15) is 19.2 Å². The van der Waals surface area contributed by atoms with E-state index in [0.717, 1.165) is 57.8 Å². The van der Waals surface area contributed by atoms with Crippen LogP contribution in [0.2, 0.25) is 0 Å². The Labute approximate surface area is 324 Å². The lowest BCUT2D eigenvalue weighted by Gasteiger charge is -2.22. The summed E-state index contributed by atoms with van der Waals surface area (Å²) in [5.74, 6) is -0.868. The van der Waals surface area contributed by atoms with Crippen molar-refractivity contribution in [2.75, 3.05) is 46.9 Å². The minimum atomic E-state index is -0.486. The highest BCUT2D eigenvalue weighted by Gasteiger charge is 2.39. The van der Waals surface area contributed by atoms with Gasteiger partial charge in [0.1, 0.15) is 18.2 Å². The van der Waals surface area contributed by atoms with Crippen LogP contribution in [0.15, 0.2) is 0 Å². The van der Waals surface area contributed by atoms with Crippen LogP contribution in [-0.2, 0) is 38.1 Å². The normalized spacial score (nSPS) is 16.5. The Balaban J connectivity index is 2.50. The SMILES string of the molecule is CCCCCCCCC(CCCCCC)OC(=O)CCCCOC(=O)[C@@H]1C[C@H](OC(=O)CCN(C)C)CN1CCCCCC(=O)OCCCCCCC. The zero-order chi connectivity index (χ0) is 38.9. The molecule has 0 bridgehead atoms. The van der Waals surface area contributed by atoms with Crippen LogP contribution in [0.5, 0.6) is 0 Å². The molecule has 0 N–H and O–H groups in total. The van der Waals surface area contributed by atoms with Gasteiger partial charge in [-0.3, -0.25) is 24.1 Å². The quantitative estimate of drug-likeness (QED) is 0.0353.